The highest BCUT2D eigenvalue weighted by Gasteiger charge is 2.26. The summed E-state index contributed by atoms with van der Waals surface area (Å²) < 4.78 is 11.0. The molecule has 1 aromatic heterocycles. The highest BCUT2D eigenvalue weighted by atomic mass is 16.5. The number of oxazole rings is 1. The normalized spacial score (nSPS) is 21.1. The van der Waals surface area contributed by atoms with E-state index in [1.165, 1.54) is 11.8 Å². The summed E-state index contributed by atoms with van der Waals surface area (Å²) in [4.78, 5) is 23.8. The monoisotopic (exact) mass is 424 g/mol. The zero-order valence-corrected chi connectivity index (χ0v) is 18.3. The first-order valence-corrected chi connectivity index (χ1v) is 11.1. The number of amides is 1. The van der Waals surface area contributed by atoms with Crippen LogP contribution in [-0.2, 0) is 11.3 Å². The fourth-order valence-electron chi connectivity index (χ4n) is 4.18. The average Bonchev–Trinajstić information content (AvgIpc) is 3.29. The van der Waals surface area contributed by atoms with Crippen LogP contribution in [0.1, 0.15) is 34.8 Å². The molecule has 3 heterocycles. The summed E-state index contributed by atoms with van der Waals surface area (Å²) in [5, 5.41) is 0. The van der Waals surface area contributed by atoms with Gasteiger partial charge in [-0.25, -0.2) is 4.98 Å². The van der Waals surface area contributed by atoms with Gasteiger partial charge in [0.05, 0.1) is 12.6 Å². The molecule has 1 unspecified atom stereocenters. The second-order valence-corrected chi connectivity index (χ2v) is 8.27. The second kappa shape index (κ2) is 10.7. The minimum Gasteiger partial charge on any atom is -0.447 e. The number of carbonyl (C=O) groups excluding carboxylic acids is 1. The quantitative estimate of drug-likeness (QED) is 0.681. The van der Waals surface area contributed by atoms with Crippen molar-refractivity contribution in [2.24, 2.45) is 0 Å². The van der Waals surface area contributed by atoms with Crippen molar-refractivity contribution in [3.05, 3.63) is 59.8 Å². The molecule has 2 aliphatic heterocycles. The Morgan fingerprint density at radius 2 is 1.94 bits per heavy atom. The van der Waals surface area contributed by atoms with Gasteiger partial charge in [0, 0.05) is 52.9 Å². The maximum atomic E-state index is 12.7. The van der Waals surface area contributed by atoms with Crippen LogP contribution in [-0.4, -0.2) is 84.6 Å². The number of carbonyl (C=O) groups is 1. The fourth-order valence-corrected chi connectivity index (χ4v) is 4.18. The molecule has 2 fully saturated rings. The summed E-state index contributed by atoms with van der Waals surface area (Å²) in [5.41, 5.74) is 1.63. The van der Waals surface area contributed by atoms with Gasteiger partial charge in [-0.15, -0.1) is 0 Å². The first-order valence-electron chi connectivity index (χ1n) is 11.1. The van der Waals surface area contributed by atoms with E-state index in [1.807, 2.05) is 11.0 Å². The Labute approximate surface area is 184 Å². The Bertz CT molecular complexity index is 859. The van der Waals surface area contributed by atoms with Crippen LogP contribution in [0.2, 0.25) is 0 Å². The maximum Gasteiger partial charge on any atom is 0.275 e. The lowest BCUT2D eigenvalue weighted by Crippen LogP contribution is -2.45. The number of ether oxygens (including phenoxy) is 1. The van der Waals surface area contributed by atoms with Crippen molar-refractivity contribution in [3.8, 4) is 0 Å². The lowest BCUT2D eigenvalue weighted by atomic mass is 10.1. The first kappa shape index (κ1) is 21.7. The molecule has 1 atom stereocenters. The number of piperidine rings is 1. The smallest absolute Gasteiger partial charge is 0.275 e. The van der Waals surface area contributed by atoms with Gasteiger partial charge < -0.3 is 14.1 Å². The molecule has 2 aromatic rings. The van der Waals surface area contributed by atoms with E-state index in [0.717, 1.165) is 52.1 Å². The summed E-state index contributed by atoms with van der Waals surface area (Å²) >= 11 is 0. The summed E-state index contributed by atoms with van der Waals surface area (Å²) in [6.45, 7) is 6.93. The number of aromatic nitrogens is 1. The van der Waals surface area contributed by atoms with Gasteiger partial charge in [-0.2, -0.15) is 0 Å². The van der Waals surface area contributed by atoms with Gasteiger partial charge in [0.25, 0.3) is 5.91 Å². The lowest BCUT2D eigenvalue weighted by molar-refractivity contribution is 0.0265. The van der Waals surface area contributed by atoms with Gasteiger partial charge in [-0.05, 0) is 18.4 Å². The first-order chi connectivity index (χ1) is 15.2. The molecule has 7 heteroatoms. The van der Waals surface area contributed by atoms with Crippen LogP contribution in [0.25, 0.3) is 6.08 Å². The molecule has 7 nitrogen and oxygen atoms in total. The van der Waals surface area contributed by atoms with E-state index in [-0.39, 0.29) is 12.0 Å². The molecule has 0 N–H and O–H groups in total. The predicted octanol–water partition coefficient (Wildman–Crippen LogP) is 2.76. The van der Waals surface area contributed by atoms with Crippen LogP contribution in [0.3, 0.4) is 0 Å². The third kappa shape index (κ3) is 6.03. The van der Waals surface area contributed by atoms with E-state index in [4.69, 9.17) is 9.15 Å². The zero-order chi connectivity index (χ0) is 21.5. The Balaban J connectivity index is 1.22. The van der Waals surface area contributed by atoms with Crippen molar-refractivity contribution in [1.82, 2.24) is 19.7 Å². The molecule has 0 spiro atoms. The Morgan fingerprint density at radius 1 is 1.16 bits per heavy atom. The van der Waals surface area contributed by atoms with Crippen LogP contribution in [0.5, 0.6) is 0 Å². The Morgan fingerprint density at radius 3 is 2.71 bits per heavy atom. The summed E-state index contributed by atoms with van der Waals surface area (Å²) in [7, 11) is 1.70. The topological polar surface area (TPSA) is 62.1 Å². The van der Waals surface area contributed by atoms with Crippen molar-refractivity contribution < 1.29 is 13.9 Å². The number of hydrogen-bond acceptors (Lipinski definition) is 6. The van der Waals surface area contributed by atoms with Crippen LogP contribution < -0.4 is 0 Å². The molecule has 0 bridgehead atoms. The molecule has 2 saturated heterocycles. The molecule has 2 aliphatic rings. The SMILES string of the molecule is COC1CCCN(C(=O)c2coc(CN3CCN(C/C=C/c4ccccc4)CC3)n2)C1. The summed E-state index contributed by atoms with van der Waals surface area (Å²) in [5.74, 6) is 0.549. The molecule has 0 radical (unpaired) electrons. The second-order valence-electron chi connectivity index (χ2n) is 8.27. The molecule has 0 aliphatic carbocycles. The maximum absolute atomic E-state index is 12.7. The molecule has 4 rings (SSSR count). The highest BCUT2D eigenvalue weighted by molar-refractivity contribution is 5.92. The van der Waals surface area contributed by atoms with Crippen molar-refractivity contribution in [2.45, 2.75) is 25.5 Å². The molecule has 166 valence electrons. The number of rotatable bonds is 7. The van der Waals surface area contributed by atoms with E-state index in [2.05, 4.69) is 51.2 Å². The molecule has 1 amide bonds. The number of piperazine rings is 1. The van der Waals surface area contributed by atoms with Gasteiger partial charge in [0.2, 0.25) is 5.89 Å². The van der Waals surface area contributed by atoms with Crippen LogP contribution >= 0.6 is 0 Å². The zero-order valence-electron chi connectivity index (χ0n) is 18.3. The third-order valence-electron chi connectivity index (χ3n) is 6.07. The van der Waals surface area contributed by atoms with Crippen molar-refractivity contribution in [1.29, 1.82) is 0 Å². The van der Waals surface area contributed by atoms with E-state index < -0.39 is 0 Å². The van der Waals surface area contributed by atoms with Crippen LogP contribution in [0.4, 0.5) is 0 Å². The van der Waals surface area contributed by atoms with Gasteiger partial charge in [0.15, 0.2) is 5.69 Å². The standard InChI is InChI=1S/C24H32N4O3/c1-30-21-10-6-12-28(17-21)24(29)22-19-31-23(25-22)18-27-15-13-26(14-16-27)11-5-9-20-7-3-2-4-8-20/h2-5,7-9,19,21H,6,10-18H2,1H3/b9-5+. The third-order valence-corrected chi connectivity index (χ3v) is 6.07. The van der Waals surface area contributed by atoms with Crippen molar-refractivity contribution in [3.63, 3.8) is 0 Å². The van der Waals surface area contributed by atoms with E-state index in [9.17, 15) is 4.79 Å². The van der Waals surface area contributed by atoms with Crippen molar-refractivity contribution in [2.75, 3.05) is 52.9 Å². The van der Waals surface area contributed by atoms with Crippen LogP contribution in [0.15, 0.2) is 47.1 Å². The van der Waals surface area contributed by atoms with Gasteiger partial charge in [-0.1, -0.05) is 42.5 Å². The van der Waals surface area contributed by atoms with Crippen molar-refractivity contribution >= 4 is 12.0 Å². The number of likely N-dealkylation sites (tertiary alicyclic amines) is 1. The van der Waals surface area contributed by atoms with E-state index in [0.29, 0.717) is 24.7 Å². The molecular weight excluding hydrogens is 392 g/mol. The Hall–Kier alpha value is -2.48. The molecule has 31 heavy (non-hydrogen) atoms. The van der Waals surface area contributed by atoms with Gasteiger partial charge >= 0.3 is 0 Å². The predicted molar refractivity (Wildman–Crippen MR) is 120 cm³/mol. The minimum absolute atomic E-state index is 0.0632. The average molecular weight is 425 g/mol. The number of hydrogen-bond donors (Lipinski definition) is 0. The van der Waals surface area contributed by atoms with Gasteiger partial charge in [0.1, 0.15) is 6.26 Å². The molecular formula is C24H32N4O3. The van der Waals surface area contributed by atoms with Crippen LogP contribution in [0, 0.1) is 0 Å². The molecule has 0 saturated carbocycles. The van der Waals surface area contributed by atoms with Gasteiger partial charge in [-0.3, -0.25) is 14.6 Å². The van der Waals surface area contributed by atoms with E-state index in [1.54, 1.807) is 7.11 Å². The Kier molecular flexibility index (Phi) is 7.51. The number of nitrogens with zero attached hydrogens (tertiary/aromatic N) is 4. The van der Waals surface area contributed by atoms with E-state index >= 15 is 0 Å². The molecule has 1 aromatic carbocycles. The largest absolute Gasteiger partial charge is 0.447 e. The fraction of sp³-hybridized carbons (Fsp3) is 0.500. The number of methoxy groups -OCH3 is 1. The summed E-state index contributed by atoms with van der Waals surface area (Å²) in [6, 6.07) is 10.4. The highest BCUT2D eigenvalue weighted by Crippen LogP contribution is 2.16. The number of benzene rings is 1. The minimum atomic E-state index is -0.0632. The summed E-state index contributed by atoms with van der Waals surface area (Å²) in [6.07, 6.45) is 7.97. The lowest BCUT2D eigenvalue weighted by Gasteiger charge is -2.33.